The van der Waals surface area contributed by atoms with Crippen LogP contribution in [0.2, 0.25) is 0 Å². The number of aliphatic carboxylic acids is 1. The Kier molecular flexibility index (Phi) is 3.57. The van der Waals surface area contributed by atoms with Gasteiger partial charge in [-0.3, -0.25) is 4.79 Å². The van der Waals surface area contributed by atoms with Crippen LogP contribution < -0.4 is 5.32 Å². The molecule has 3 nitrogen and oxygen atoms in total. The second kappa shape index (κ2) is 5.12. The minimum absolute atomic E-state index is 0.276. The molecule has 0 aromatic heterocycles. The third kappa shape index (κ3) is 2.83. The highest BCUT2D eigenvalue weighted by Gasteiger charge is 2.28. The molecule has 1 aliphatic rings. The molecule has 0 bridgehead atoms. The molecule has 86 valence electrons. The van der Waals surface area contributed by atoms with Gasteiger partial charge in [-0.2, -0.15) is 0 Å². The Balaban J connectivity index is 1.96. The molecule has 0 saturated carbocycles. The van der Waals surface area contributed by atoms with Crippen molar-refractivity contribution in [3.63, 3.8) is 0 Å². The van der Waals surface area contributed by atoms with Crippen molar-refractivity contribution in [2.45, 2.75) is 25.3 Å². The number of carboxylic acid groups (broad SMARTS) is 1. The topological polar surface area (TPSA) is 49.3 Å². The van der Waals surface area contributed by atoms with Gasteiger partial charge in [0.25, 0.3) is 0 Å². The number of nitrogens with one attached hydrogen (secondary N) is 1. The van der Waals surface area contributed by atoms with Crippen LogP contribution in [0.3, 0.4) is 0 Å². The summed E-state index contributed by atoms with van der Waals surface area (Å²) in [5.41, 5.74) is 1.28. The van der Waals surface area contributed by atoms with Gasteiger partial charge in [-0.15, -0.1) is 0 Å². The van der Waals surface area contributed by atoms with E-state index in [0.29, 0.717) is 6.04 Å². The first-order valence-corrected chi connectivity index (χ1v) is 5.75. The summed E-state index contributed by atoms with van der Waals surface area (Å²) < 4.78 is 0. The fraction of sp³-hybridized carbons (Fsp3) is 0.462. The molecule has 2 N–H and O–H groups in total. The molecule has 1 saturated heterocycles. The van der Waals surface area contributed by atoms with Crippen LogP contribution in [0, 0.1) is 5.92 Å². The second-order valence-corrected chi connectivity index (χ2v) is 4.40. The van der Waals surface area contributed by atoms with Crippen LogP contribution in [-0.2, 0) is 11.2 Å². The summed E-state index contributed by atoms with van der Waals surface area (Å²) in [7, 11) is 0. The van der Waals surface area contributed by atoms with Crippen LogP contribution in [0.1, 0.15) is 18.4 Å². The number of carboxylic acids is 1. The molecule has 3 heteroatoms. The van der Waals surface area contributed by atoms with Gasteiger partial charge in [0.15, 0.2) is 0 Å². The zero-order valence-electron chi connectivity index (χ0n) is 9.23. The van der Waals surface area contributed by atoms with Crippen LogP contribution in [0.25, 0.3) is 0 Å². The van der Waals surface area contributed by atoms with Gasteiger partial charge in [0.1, 0.15) is 0 Å². The van der Waals surface area contributed by atoms with Gasteiger partial charge >= 0.3 is 5.97 Å². The first-order chi connectivity index (χ1) is 7.75. The van der Waals surface area contributed by atoms with Crippen LogP contribution in [0.15, 0.2) is 30.3 Å². The van der Waals surface area contributed by atoms with Crippen LogP contribution in [-0.4, -0.2) is 23.7 Å². The Labute approximate surface area is 95.5 Å². The van der Waals surface area contributed by atoms with Crippen molar-refractivity contribution in [3.8, 4) is 0 Å². The first-order valence-electron chi connectivity index (χ1n) is 5.75. The molecular formula is C13H17NO2. The van der Waals surface area contributed by atoms with Gasteiger partial charge in [0.05, 0.1) is 0 Å². The molecule has 1 aromatic carbocycles. The molecule has 0 amide bonds. The molecule has 1 fully saturated rings. The molecule has 0 aliphatic carbocycles. The average molecular weight is 219 g/mol. The Morgan fingerprint density at radius 3 is 2.81 bits per heavy atom. The molecule has 0 unspecified atom stereocenters. The Hall–Kier alpha value is -1.35. The largest absolute Gasteiger partial charge is 0.481 e. The van der Waals surface area contributed by atoms with Gasteiger partial charge < -0.3 is 10.4 Å². The number of rotatable bonds is 4. The molecule has 2 rings (SSSR count). The number of hydrogen-bond donors (Lipinski definition) is 2. The summed E-state index contributed by atoms with van der Waals surface area (Å²) in [6.07, 6.45) is 2.19. The van der Waals surface area contributed by atoms with Crippen LogP contribution in [0.5, 0.6) is 0 Å². The molecule has 16 heavy (non-hydrogen) atoms. The monoisotopic (exact) mass is 219 g/mol. The van der Waals surface area contributed by atoms with Crippen molar-refractivity contribution >= 4 is 5.97 Å². The standard InChI is InChI=1S/C13H17NO2/c15-13(16)9-11-6-7-14-12(11)8-10-4-2-1-3-5-10/h1-5,11-12,14H,6-9H2,(H,15,16)/t11-,12-/m1/s1. The van der Waals surface area contributed by atoms with E-state index < -0.39 is 5.97 Å². The van der Waals surface area contributed by atoms with Crippen LogP contribution >= 0.6 is 0 Å². The first kappa shape index (κ1) is 11.1. The maximum absolute atomic E-state index is 10.7. The van der Waals surface area contributed by atoms with Crippen molar-refractivity contribution < 1.29 is 9.90 Å². The quantitative estimate of drug-likeness (QED) is 0.810. The highest BCUT2D eigenvalue weighted by Crippen LogP contribution is 2.22. The van der Waals surface area contributed by atoms with Crippen molar-refractivity contribution in [3.05, 3.63) is 35.9 Å². The summed E-state index contributed by atoms with van der Waals surface area (Å²) in [6.45, 7) is 0.940. The molecule has 0 spiro atoms. The van der Waals surface area contributed by atoms with E-state index in [1.807, 2.05) is 18.2 Å². The summed E-state index contributed by atoms with van der Waals surface area (Å²) in [5, 5.41) is 12.2. The predicted octanol–water partition coefficient (Wildman–Crippen LogP) is 1.68. The van der Waals surface area contributed by atoms with Crippen molar-refractivity contribution in [1.82, 2.24) is 5.32 Å². The van der Waals surface area contributed by atoms with Crippen molar-refractivity contribution in [2.24, 2.45) is 5.92 Å². The van der Waals surface area contributed by atoms with E-state index in [1.165, 1.54) is 5.56 Å². The average Bonchev–Trinajstić information content (AvgIpc) is 2.66. The minimum Gasteiger partial charge on any atom is -0.481 e. The third-order valence-electron chi connectivity index (χ3n) is 3.23. The second-order valence-electron chi connectivity index (χ2n) is 4.40. The summed E-state index contributed by atoms with van der Waals surface area (Å²) >= 11 is 0. The highest BCUT2D eigenvalue weighted by atomic mass is 16.4. The van der Waals surface area contributed by atoms with Crippen molar-refractivity contribution in [1.29, 1.82) is 0 Å². The maximum Gasteiger partial charge on any atom is 0.303 e. The lowest BCUT2D eigenvalue weighted by Crippen LogP contribution is -2.30. The summed E-state index contributed by atoms with van der Waals surface area (Å²) in [5.74, 6) is -0.413. The van der Waals surface area contributed by atoms with Gasteiger partial charge in [-0.05, 0) is 30.9 Å². The summed E-state index contributed by atoms with van der Waals surface area (Å²) in [4.78, 5) is 10.7. The van der Waals surface area contributed by atoms with Gasteiger partial charge in [-0.25, -0.2) is 0 Å². The smallest absolute Gasteiger partial charge is 0.303 e. The predicted molar refractivity (Wildman–Crippen MR) is 62.3 cm³/mol. The molecule has 0 radical (unpaired) electrons. The fourth-order valence-corrected chi connectivity index (χ4v) is 2.40. The van der Waals surface area contributed by atoms with Gasteiger partial charge in [-0.1, -0.05) is 30.3 Å². The van der Waals surface area contributed by atoms with E-state index in [2.05, 4.69) is 17.4 Å². The van der Waals surface area contributed by atoms with Gasteiger partial charge in [0, 0.05) is 12.5 Å². The molecule has 2 atom stereocenters. The highest BCUT2D eigenvalue weighted by molar-refractivity contribution is 5.67. The molecule has 1 heterocycles. The molecular weight excluding hydrogens is 202 g/mol. The zero-order valence-corrected chi connectivity index (χ0v) is 9.23. The van der Waals surface area contributed by atoms with E-state index in [-0.39, 0.29) is 12.3 Å². The normalized spacial score (nSPS) is 24.5. The summed E-state index contributed by atoms with van der Waals surface area (Å²) in [6, 6.07) is 10.6. The fourth-order valence-electron chi connectivity index (χ4n) is 2.40. The Morgan fingerprint density at radius 1 is 1.38 bits per heavy atom. The number of hydrogen-bond acceptors (Lipinski definition) is 2. The number of benzene rings is 1. The van der Waals surface area contributed by atoms with E-state index in [1.54, 1.807) is 0 Å². The van der Waals surface area contributed by atoms with E-state index in [4.69, 9.17) is 5.11 Å². The minimum atomic E-state index is -0.688. The molecule has 1 aromatic rings. The zero-order chi connectivity index (χ0) is 11.4. The molecule has 1 aliphatic heterocycles. The number of carbonyl (C=O) groups is 1. The SMILES string of the molecule is O=C(O)C[C@H]1CCN[C@@H]1Cc1ccccc1. The van der Waals surface area contributed by atoms with E-state index >= 15 is 0 Å². The Bertz CT molecular complexity index is 350. The van der Waals surface area contributed by atoms with Crippen LogP contribution in [0.4, 0.5) is 0 Å². The lowest BCUT2D eigenvalue weighted by Gasteiger charge is -2.17. The maximum atomic E-state index is 10.7. The lowest BCUT2D eigenvalue weighted by molar-refractivity contribution is -0.138. The van der Waals surface area contributed by atoms with E-state index in [0.717, 1.165) is 19.4 Å². The van der Waals surface area contributed by atoms with Crippen molar-refractivity contribution in [2.75, 3.05) is 6.54 Å². The van der Waals surface area contributed by atoms with Gasteiger partial charge in [0.2, 0.25) is 0 Å². The third-order valence-corrected chi connectivity index (χ3v) is 3.23. The van der Waals surface area contributed by atoms with E-state index in [9.17, 15) is 4.79 Å². The lowest BCUT2D eigenvalue weighted by atomic mass is 9.92. The Morgan fingerprint density at radius 2 is 2.12 bits per heavy atom.